The number of nitrogens with zero attached hydrogens (tertiary/aromatic N) is 1. The van der Waals surface area contributed by atoms with E-state index in [0.717, 1.165) is 27.5 Å². The number of hydrogen-bond acceptors (Lipinski definition) is 4. The van der Waals surface area contributed by atoms with Crippen molar-refractivity contribution in [2.75, 3.05) is 25.4 Å². The smallest absolute Gasteiger partial charge is 0.186 e. The van der Waals surface area contributed by atoms with E-state index in [0.29, 0.717) is 6.54 Å². The Labute approximate surface area is 119 Å². The molecule has 2 heterocycles. The molecule has 0 aliphatic carbocycles. The largest absolute Gasteiger partial charge is 0.294 e. The second-order valence-electron chi connectivity index (χ2n) is 4.85. The molecule has 0 radical (unpaired) electrons. The fourth-order valence-corrected chi connectivity index (χ4v) is 4.49. The fraction of sp³-hybridized carbons (Fsp3) is 0.583. The summed E-state index contributed by atoms with van der Waals surface area (Å²) in [5, 5.41) is 0. The van der Waals surface area contributed by atoms with Crippen LogP contribution in [0.4, 0.5) is 0 Å². The number of halogens is 1. The van der Waals surface area contributed by atoms with Crippen molar-refractivity contribution < 1.29 is 4.79 Å². The maximum absolute atomic E-state index is 12.1. The Balaban J connectivity index is 1.95. The molecule has 0 amide bonds. The highest BCUT2D eigenvalue weighted by Crippen LogP contribution is 2.30. The first-order valence-electron chi connectivity index (χ1n) is 5.61. The van der Waals surface area contributed by atoms with E-state index >= 15 is 0 Å². The van der Waals surface area contributed by atoms with E-state index in [1.165, 1.54) is 11.3 Å². The van der Waals surface area contributed by atoms with Gasteiger partial charge in [-0.3, -0.25) is 9.69 Å². The molecule has 0 atom stereocenters. The number of carbonyl (C=O) groups is 1. The number of thioether (sulfide) groups is 1. The minimum atomic E-state index is 0.239. The number of ketones is 1. The fourth-order valence-electron chi connectivity index (χ4n) is 1.99. The molecule has 1 aliphatic heterocycles. The van der Waals surface area contributed by atoms with E-state index in [1.54, 1.807) is 0 Å². The summed E-state index contributed by atoms with van der Waals surface area (Å²) in [4.78, 5) is 15.2. The molecular weight excluding hydrogens is 318 g/mol. The van der Waals surface area contributed by atoms with E-state index in [1.807, 2.05) is 23.9 Å². The zero-order valence-corrected chi connectivity index (χ0v) is 13.3. The summed E-state index contributed by atoms with van der Waals surface area (Å²) < 4.78 is 1.30. The van der Waals surface area contributed by atoms with Crippen molar-refractivity contribution in [2.24, 2.45) is 0 Å². The van der Waals surface area contributed by atoms with Gasteiger partial charge in [-0.1, -0.05) is 0 Å². The highest BCUT2D eigenvalue weighted by molar-refractivity contribution is 9.11. The van der Waals surface area contributed by atoms with Crippen LogP contribution in [0.15, 0.2) is 15.9 Å². The van der Waals surface area contributed by atoms with Gasteiger partial charge in [-0.05, 0) is 41.9 Å². The standard InChI is InChI=1S/C12H16BrNOS2/c1-12(2)8-14(5-6-16-12)7-9(15)10-3-4-11(13)17-10/h3-4H,5-8H2,1-2H3. The first-order valence-corrected chi connectivity index (χ1v) is 8.21. The number of hydrogen-bond donors (Lipinski definition) is 0. The topological polar surface area (TPSA) is 20.3 Å². The van der Waals surface area contributed by atoms with Crippen LogP contribution >= 0.6 is 39.0 Å². The van der Waals surface area contributed by atoms with Gasteiger partial charge < -0.3 is 0 Å². The second kappa shape index (κ2) is 5.43. The van der Waals surface area contributed by atoms with Gasteiger partial charge in [0.05, 0.1) is 15.2 Å². The first-order chi connectivity index (χ1) is 7.96. The predicted octanol–water partition coefficient (Wildman–Crippen LogP) is 3.52. The average molecular weight is 334 g/mol. The molecule has 1 fully saturated rings. The number of carbonyl (C=O) groups excluding carboxylic acids is 1. The van der Waals surface area contributed by atoms with Gasteiger partial charge in [0.1, 0.15) is 0 Å². The average Bonchev–Trinajstić information content (AvgIpc) is 2.63. The molecule has 94 valence electrons. The van der Waals surface area contributed by atoms with Crippen molar-refractivity contribution in [3.8, 4) is 0 Å². The van der Waals surface area contributed by atoms with E-state index in [4.69, 9.17) is 0 Å². The molecule has 2 rings (SSSR count). The van der Waals surface area contributed by atoms with Crippen molar-refractivity contribution in [3.63, 3.8) is 0 Å². The third-order valence-corrected chi connectivity index (χ3v) is 5.68. The van der Waals surface area contributed by atoms with Crippen LogP contribution in [0.2, 0.25) is 0 Å². The molecule has 0 bridgehead atoms. The second-order valence-corrected chi connectivity index (χ2v) is 9.11. The van der Waals surface area contributed by atoms with Crippen molar-refractivity contribution in [2.45, 2.75) is 18.6 Å². The third kappa shape index (κ3) is 3.81. The van der Waals surface area contributed by atoms with E-state index in [9.17, 15) is 4.79 Å². The van der Waals surface area contributed by atoms with Gasteiger partial charge in [0.15, 0.2) is 5.78 Å². The lowest BCUT2D eigenvalue weighted by atomic mass is 10.1. The Morgan fingerprint density at radius 3 is 2.88 bits per heavy atom. The van der Waals surface area contributed by atoms with Crippen molar-refractivity contribution >= 4 is 44.8 Å². The molecule has 5 heteroatoms. The van der Waals surface area contributed by atoms with Crippen molar-refractivity contribution in [3.05, 3.63) is 20.8 Å². The van der Waals surface area contributed by atoms with E-state index in [2.05, 4.69) is 34.7 Å². The van der Waals surface area contributed by atoms with Gasteiger partial charge in [-0.25, -0.2) is 0 Å². The van der Waals surface area contributed by atoms with Crippen molar-refractivity contribution in [1.82, 2.24) is 4.90 Å². The molecule has 1 saturated heterocycles. The molecule has 0 N–H and O–H groups in total. The zero-order valence-electron chi connectivity index (χ0n) is 10.0. The lowest BCUT2D eigenvalue weighted by molar-refractivity contribution is 0.0931. The molecule has 0 unspecified atom stereocenters. The summed E-state index contributed by atoms with van der Waals surface area (Å²) >= 11 is 6.91. The van der Waals surface area contributed by atoms with Crippen LogP contribution in [0.5, 0.6) is 0 Å². The van der Waals surface area contributed by atoms with Gasteiger partial charge in [-0.15, -0.1) is 11.3 Å². The Morgan fingerprint density at radius 1 is 1.53 bits per heavy atom. The normalized spacial score (nSPS) is 20.4. The number of Topliss-reactive ketones (excluding diaryl/α,β-unsaturated/α-hetero) is 1. The van der Waals surface area contributed by atoms with Crippen LogP contribution in [0, 0.1) is 0 Å². The molecular formula is C12H16BrNOS2. The lowest BCUT2D eigenvalue weighted by Crippen LogP contribution is -2.45. The monoisotopic (exact) mass is 333 g/mol. The Bertz CT molecular complexity index is 416. The maximum Gasteiger partial charge on any atom is 0.186 e. The first kappa shape index (κ1) is 13.6. The molecule has 0 saturated carbocycles. The highest BCUT2D eigenvalue weighted by atomic mass is 79.9. The van der Waals surface area contributed by atoms with Gasteiger partial charge in [0, 0.05) is 23.6 Å². The van der Waals surface area contributed by atoms with E-state index < -0.39 is 0 Å². The summed E-state index contributed by atoms with van der Waals surface area (Å²) in [6.45, 7) is 7.06. The van der Waals surface area contributed by atoms with Gasteiger partial charge in [-0.2, -0.15) is 11.8 Å². The van der Waals surface area contributed by atoms with Crippen LogP contribution in [0.1, 0.15) is 23.5 Å². The molecule has 1 aliphatic rings. The van der Waals surface area contributed by atoms with Gasteiger partial charge >= 0.3 is 0 Å². The lowest BCUT2D eigenvalue weighted by Gasteiger charge is -2.37. The SMILES string of the molecule is CC1(C)CN(CC(=O)c2ccc(Br)s2)CCS1. The quantitative estimate of drug-likeness (QED) is 0.789. The third-order valence-electron chi connectivity index (χ3n) is 2.72. The number of rotatable bonds is 3. The summed E-state index contributed by atoms with van der Waals surface area (Å²) in [5.74, 6) is 1.36. The van der Waals surface area contributed by atoms with Crippen LogP contribution in [-0.2, 0) is 0 Å². The summed E-state index contributed by atoms with van der Waals surface area (Å²) in [7, 11) is 0. The molecule has 1 aromatic heterocycles. The minimum Gasteiger partial charge on any atom is -0.294 e. The molecule has 17 heavy (non-hydrogen) atoms. The number of thiophene rings is 1. The highest BCUT2D eigenvalue weighted by Gasteiger charge is 2.28. The molecule has 2 nitrogen and oxygen atoms in total. The Morgan fingerprint density at radius 2 is 2.29 bits per heavy atom. The Hall–Kier alpha value is 0.160. The van der Waals surface area contributed by atoms with Crippen LogP contribution in [-0.4, -0.2) is 40.8 Å². The Kier molecular flexibility index (Phi) is 4.34. The van der Waals surface area contributed by atoms with Crippen LogP contribution < -0.4 is 0 Å². The maximum atomic E-state index is 12.1. The molecule has 0 spiro atoms. The summed E-state index contributed by atoms with van der Waals surface area (Å²) in [6.07, 6.45) is 0. The molecule has 0 aromatic carbocycles. The van der Waals surface area contributed by atoms with Crippen LogP contribution in [0.25, 0.3) is 0 Å². The molecule has 1 aromatic rings. The zero-order chi connectivity index (χ0) is 12.5. The van der Waals surface area contributed by atoms with Gasteiger partial charge in [0.25, 0.3) is 0 Å². The van der Waals surface area contributed by atoms with Gasteiger partial charge in [0.2, 0.25) is 0 Å². The van der Waals surface area contributed by atoms with Crippen LogP contribution in [0.3, 0.4) is 0 Å². The minimum absolute atomic E-state index is 0.239. The summed E-state index contributed by atoms with van der Waals surface area (Å²) in [6, 6.07) is 3.84. The predicted molar refractivity (Wildman–Crippen MR) is 79.3 cm³/mol. The summed E-state index contributed by atoms with van der Waals surface area (Å²) in [5.41, 5.74) is 0. The van der Waals surface area contributed by atoms with Crippen molar-refractivity contribution in [1.29, 1.82) is 0 Å². The van der Waals surface area contributed by atoms with E-state index in [-0.39, 0.29) is 10.5 Å².